The molecule has 5 nitrogen and oxygen atoms in total. The van der Waals surface area contributed by atoms with Gasteiger partial charge in [0.1, 0.15) is 4.90 Å². The maximum Gasteiger partial charge on any atom is 0.310 e. The van der Waals surface area contributed by atoms with E-state index in [2.05, 4.69) is 16.0 Å². The molecule has 3 N–H and O–H groups in total. The van der Waals surface area contributed by atoms with E-state index in [0.717, 1.165) is 12.1 Å². The molecule has 0 aromatic heterocycles. The zero-order valence-corrected chi connectivity index (χ0v) is 15.8. The number of amides is 2. The Kier molecular flexibility index (Phi) is 5.02. The van der Waals surface area contributed by atoms with Crippen LogP contribution in [0.25, 0.3) is 0 Å². The predicted molar refractivity (Wildman–Crippen MR) is 92.7 cm³/mol. The Bertz CT molecular complexity index is 737. The smallest absolute Gasteiger partial charge is 0.310 e. The summed E-state index contributed by atoms with van der Waals surface area (Å²) in [6, 6.07) is 1.02. The van der Waals surface area contributed by atoms with Gasteiger partial charge < -0.3 is 10.6 Å². The lowest BCUT2D eigenvalue weighted by Gasteiger charge is -2.40. The highest BCUT2D eigenvalue weighted by Gasteiger charge is 2.65. The van der Waals surface area contributed by atoms with Crippen molar-refractivity contribution in [2.24, 2.45) is 5.92 Å². The lowest BCUT2D eigenvalue weighted by Crippen LogP contribution is -2.59. The van der Waals surface area contributed by atoms with Crippen molar-refractivity contribution in [1.29, 1.82) is 0 Å². The summed E-state index contributed by atoms with van der Waals surface area (Å²) in [5, 5.41) is 8.17. The molecule has 0 aliphatic carbocycles. The maximum atomic E-state index is 12.8. The molecule has 1 aliphatic rings. The van der Waals surface area contributed by atoms with Crippen molar-refractivity contribution in [3.8, 4) is 0 Å². The van der Waals surface area contributed by atoms with Gasteiger partial charge in [0, 0.05) is 0 Å². The molecule has 2 amide bonds. The van der Waals surface area contributed by atoms with E-state index in [-0.39, 0.29) is 23.8 Å². The van der Waals surface area contributed by atoms with Gasteiger partial charge in [-0.3, -0.25) is 14.9 Å². The van der Waals surface area contributed by atoms with Gasteiger partial charge in [0.2, 0.25) is 11.8 Å². The average Bonchev–Trinajstić information content (AvgIpc) is 2.49. The van der Waals surface area contributed by atoms with Crippen LogP contribution >= 0.6 is 10.2 Å². The van der Waals surface area contributed by atoms with E-state index in [1.807, 2.05) is 0 Å². The van der Waals surface area contributed by atoms with Crippen molar-refractivity contribution in [3.63, 3.8) is 0 Å². The Morgan fingerprint density at radius 3 is 2.15 bits per heavy atom. The molecular weight excluding hydrogens is 393 g/mol. The Hall–Kier alpha value is -1.88. The second-order valence-electron chi connectivity index (χ2n) is 6.98. The van der Waals surface area contributed by atoms with Gasteiger partial charge in [-0.15, -0.1) is 0 Å². The van der Waals surface area contributed by atoms with Crippen molar-refractivity contribution < 1.29 is 29.0 Å². The normalized spacial score (nSPS) is 24.6. The Labute approximate surface area is 153 Å². The lowest BCUT2D eigenvalue weighted by molar-refractivity contribution is -0.132. The number of carbonyl (C=O) groups excluding carboxylic acids is 2. The second kappa shape index (κ2) is 6.33. The van der Waals surface area contributed by atoms with Gasteiger partial charge in [-0.1, -0.05) is 45.4 Å². The van der Waals surface area contributed by atoms with Crippen LogP contribution in [-0.4, -0.2) is 24.0 Å². The highest BCUT2D eigenvalue weighted by Crippen LogP contribution is 3.02. The summed E-state index contributed by atoms with van der Waals surface area (Å²) in [6.07, 6.45) is -0.485. The minimum Gasteiger partial charge on any atom is -0.348 e. The van der Waals surface area contributed by atoms with Crippen molar-refractivity contribution in [2.75, 3.05) is 0 Å². The fourth-order valence-electron chi connectivity index (χ4n) is 2.88. The molecule has 27 heavy (non-hydrogen) atoms. The van der Waals surface area contributed by atoms with Crippen LogP contribution in [-0.2, 0) is 9.59 Å². The summed E-state index contributed by atoms with van der Waals surface area (Å²) in [4.78, 5) is 22.0. The predicted octanol–water partition coefficient (Wildman–Crippen LogP) is 3.98. The molecule has 1 aromatic rings. The topological polar surface area (TPSA) is 70.2 Å². The van der Waals surface area contributed by atoms with Gasteiger partial charge in [0.15, 0.2) is 0 Å². The van der Waals surface area contributed by atoms with Crippen LogP contribution in [0.3, 0.4) is 0 Å². The van der Waals surface area contributed by atoms with E-state index in [0.29, 0.717) is 12.1 Å². The van der Waals surface area contributed by atoms with Crippen LogP contribution in [0.4, 0.5) is 19.4 Å². The van der Waals surface area contributed by atoms with E-state index in [4.69, 9.17) is 0 Å². The van der Waals surface area contributed by atoms with Crippen LogP contribution in [0.1, 0.15) is 38.8 Å². The van der Waals surface area contributed by atoms with Gasteiger partial charge in [0.25, 0.3) is 0 Å². The lowest BCUT2D eigenvalue weighted by atomic mass is 9.95. The Morgan fingerprint density at radius 1 is 1.15 bits per heavy atom. The van der Waals surface area contributed by atoms with Gasteiger partial charge in [-0.05, 0) is 30.5 Å². The third kappa shape index (κ3) is 5.55. The monoisotopic (exact) mass is 415 g/mol. The zero-order chi connectivity index (χ0) is 20.7. The number of halogens is 5. The number of hydrogen-bond acceptors (Lipinski definition) is 3. The highest BCUT2D eigenvalue weighted by atomic mass is 32.5. The van der Waals surface area contributed by atoms with E-state index in [1.165, 1.54) is 0 Å². The molecule has 1 aliphatic heterocycles. The standard InChI is InChI=1S/C16H22F5N3O2S/c1-9(2)15(24-16(26)13-8-14(25)23-10(3)22-13)11-4-6-12(7-5-11)27(17,18,19,20)21/h4-7,9-10,13,15,22H,8H2,1-3H3,(H,23,25)(H,24,26)/t10?,13?,15-/m1/s1. The summed E-state index contributed by atoms with van der Waals surface area (Å²) >= 11 is 0. The van der Waals surface area contributed by atoms with E-state index in [9.17, 15) is 29.0 Å². The minimum absolute atomic E-state index is 0.0792. The van der Waals surface area contributed by atoms with E-state index in [1.54, 1.807) is 20.8 Å². The molecule has 3 atom stereocenters. The molecule has 2 rings (SSSR count). The summed E-state index contributed by atoms with van der Waals surface area (Å²) < 4.78 is 64.2. The van der Waals surface area contributed by atoms with Crippen molar-refractivity contribution in [1.82, 2.24) is 16.0 Å². The Morgan fingerprint density at radius 2 is 1.70 bits per heavy atom. The number of benzene rings is 1. The molecule has 11 heteroatoms. The number of nitrogens with one attached hydrogen (secondary N) is 3. The van der Waals surface area contributed by atoms with E-state index >= 15 is 0 Å². The molecule has 0 radical (unpaired) electrons. The van der Waals surface area contributed by atoms with Gasteiger partial charge in [0.05, 0.1) is 24.7 Å². The first-order valence-electron chi connectivity index (χ1n) is 8.26. The molecule has 0 saturated carbocycles. The second-order valence-corrected chi connectivity index (χ2v) is 9.39. The minimum atomic E-state index is -9.74. The third-order valence-corrected chi connectivity index (χ3v) is 5.35. The SMILES string of the molecule is CC1NC(=O)CC(C(=O)N[C@@H](c2ccc(S(F)(F)(F)(F)F)cc2)C(C)C)N1. The molecule has 0 spiro atoms. The molecule has 1 heterocycles. The molecular formula is C16H22F5N3O2S. The largest absolute Gasteiger partial charge is 0.348 e. The zero-order valence-electron chi connectivity index (χ0n) is 14.9. The summed E-state index contributed by atoms with van der Waals surface area (Å²) in [6.45, 7) is 5.12. The van der Waals surface area contributed by atoms with Gasteiger partial charge in [-0.25, -0.2) is 0 Å². The molecule has 2 unspecified atom stereocenters. The third-order valence-electron chi connectivity index (χ3n) is 4.18. The molecule has 1 aromatic carbocycles. The number of hydrogen-bond donors (Lipinski definition) is 3. The first-order chi connectivity index (χ1) is 12.1. The highest BCUT2D eigenvalue weighted by molar-refractivity contribution is 8.45. The van der Waals surface area contributed by atoms with Crippen LogP contribution in [0, 0.1) is 5.92 Å². The Balaban J connectivity index is 2.21. The van der Waals surface area contributed by atoms with Crippen LogP contribution in [0.5, 0.6) is 0 Å². The molecule has 154 valence electrons. The average molecular weight is 415 g/mol. The van der Waals surface area contributed by atoms with Gasteiger partial charge in [-0.2, -0.15) is 0 Å². The summed E-state index contributed by atoms with van der Waals surface area (Å²) in [5.74, 6) is -1.02. The maximum absolute atomic E-state index is 12.8. The summed E-state index contributed by atoms with van der Waals surface area (Å²) in [5.41, 5.74) is 0.261. The van der Waals surface area contributed by atoms with Crippen LogP contribution in [0.2, 0.25) is 0 Å². The van der Waals surface area contributed by atoms with Gasteiger partial charge >= 0.3 is 10.2 Å². The summed E-state index contributed by atoms with van der Waals surface area (Å²) in [7, 11) is -9.74. The molecule has 0 bridgehead atoms. The van der Waals surface area contributed by atoms with Crippen LogP contribution < -0.4 is 16.0 Å². The molecule has 1 fully saturated rings. The van der Waals surface area contributed by atoms with Crippen molar-refractivity contribution >= 4 is 22.0 Å². The number of carbonyl (C=O) groups is 2. The van der Waals surface area contributed by atoms with E-state index < -0.39 is 39.3 Å². The fraction of sp³-hybridized carbons (Fsp3) is 0.500. The first-order valence-corrected chi connectivity index (χ1v) is 10.2. The quantitative estimate of drug-likeness (QED) is 0.637. The first kappa shape index (κ1) is 21.4. The number of rotatable bonds is 5. The van der Waals surface area contributed by atoms with Crippen molar-refractivity contribution in [2.45, 2.75) is 50.3 Å². The molecule has 1 saturated heterocycles. The fourth-order valence-corrected chi connectivity index (χ4v) is 3.53. The van der Waals surface area contributed by atoms with Crippen LogP contribution in [0.15, 0.2) is 29.2 Å². The van der Waals surface area contributed by atoms with Crippen molar-refractivity contribution in [3.05, 3.63) is 29.8 Å².